The summed E-state index contributed by atoms with van der Waals surface area (Å²) < 4.78 is 31.5. The third-order valence-electron chi connectivity index (χ3n) is 4.65. The van der Waals surface area contributed by atoms with E-state index >= 15 is 0 Å². The topological polar surface area (TPSA) is 106 Å². The average molecular weight is 392 g/mol. The van der Waals surface area contributed by atoms with Gasteiger partial charge in [0.25, 0.3) is 15.9 Å². The Labute approximate surface area is 157 Å². The SMILES string of the molecule is COC1CC(C(=O)O)N(C(=O)c2ccn(S(=O)(=O)c3ccc(C)cc3)c2)C1. The highest BCUT2D eigenvalue weighted by Gasteiger charge is 2.40. The van der Waals surface area contributed by atoms with Crippen LogP contribution in [-0.2, 0) is 19.6 Å². The number of hydrogen-bond donors (Lipinski definition) is 1. The molecule has 1 aromatic heterocycles. The predicted molar refractivity (Wildman–Crippen MR) is 96.1 cm³/mol. The molecule has 144 valence electrons. The van der Waals surface area contributed by atoms with Crippen molar-refractivity contribution in [3.05, 3.63) is 53.9 Å². The van der Waals surface area contributed by atoms with Gasteiger partial charge in [-0.25, -0.2) is 17.2 Å². The Morgan fingerprint density at radius 3 is 2.44 bits per heavy atom. The van der Waals surface area contributed by atoms with E-state index in [1.165, 1.54) is 42.6 Å². The highest BCUT2D eigenvalue weighted by molar-refractivity contribution is 7.90. The van der Waals surface area contributed by atoms with Gasteiger partial charge in [0.2, 0.25) is 0 Å². The summed E-state index contributed by atoms with van der Waals surface area (Å²) in [5.74, 6) is -1.66. The molecule has 8 nitrogen and oxygen atoms in total. The molecule has 2 aromatic rings. The van der Waals surface area contributed by atoms with Crippen molar-refractivity contribution < 1.29 is 27.9 Å². The van der Waals surface area contributed by atoms with E-state index in [1.807, 2.05) is 6.92 Å². The summed E-state index contributed by atoms with van der Waals surface area (Å²) in [6.45, 7) is 1.99. The number of carbonyl (C=O) groups excluding carboxylic acids is 1. The third-order valence-corrected chi connectivity index (χ3v) is 6.30. The number of hydrogen-bond acceptors (Lipinski definition) is 5. The smallest absolute Gasteiger partial charge is 0.326 e. The first-order valence-electron chi connectivity index (χ1n) is 8.31. The molecule has 2 atom stereocenters. The van der Waals surface area contributed by atoms with Gasteiger partial charge in [-0.3, -0.25) is 4.79 Å². The number of methoxy groups -OCH3 is 1. The lowest BCUT2D eigenvalue weighted by molar-refractivity contribution is -0.141. The van der Waals surface area contributed by atoms with E-state index in [0.717, 1.165) is 9.54 Å². The van der Waals surface area contributed by atoms with Gasteiger partial charge < -0.3 is 14.7 Å². The van der Waals surface area contributed by atoms with Gasteiger partial charge in [-0.2, -0.15) is 0 Å². The van der Waals surface area contributed by atoms with Crippen LogP contribution < -0.4 is 0 Å². The van der Waals surface area contributed by atoms with Crippen molar-refractivity contribution in [1.29, 1.82) is 0 Å². The Bertz CT molecular complexity index is 964. The van der Waals surface area contributed by atoms with E-state index in [2.05, 4.69) is 0 Å². The Balaban J connectivity index is 1.87. The molecule has 1 aliphatic rings. The molecule has 1 N–H and O–H groups in total. The maximum absolute atomic E-state index is 12.7. The van der Waals surface area contributed by atoms with Crippen molar-refractivity contribution in [3.8, 4) is 0 Å². The Morgan fingerprint density at radius 1 is 1.19 bits per heavy atom. The van der Waals surface area contributed by atoms with Gasteiger partial charge in [0.1, 0.15) is 6.04 Å². The molecule has 0 radical (unpaired) electrons. The molecule has 1 amide bonds. The van der Waals surface area contributed by atoms with Crippen molar-refractivity contribution in [3.63, 3.8) is 0 Å². The predicted octanol–water partition coefficient (Wildman–Crippen LogP) is 1.35. The van der Waals surface area contributed by atoms with Crippen LogP contribution in [0, 0.1) is 6.92 Å². The van der Waals surface area contributed by atoms with E-state index in [-0.39, 0.29) is 29.5 Å². The van der Waals surface area contributed by atoms with Gasteiger partial charge in [0, 0.05) is 32.5 Å². The third kappa shape index (κ3) is 3.60. The van der Waals surface area contributed by atoms with Gasteiger partial charge in [-0.05, 0) is 25.1 Å². The number of aryl methyl sites for hydroxylation is 1. The summed E-state index contributed by atoms with van der Waals surface area (Å²) in [7, 11) is -2.37. The monoisotopic (exact) mass is 392 g/mol. The Hall–Kier alpha value is -2.65. The first kappa shape index (κ1) is 19.1. The van der Waals surface area contributed by atoms with Crippen LogP contribution >= 0.6 is 0 Å². The molecule has 3 rings (SSSR count). The van der Waals surface area contributed by atoms with Crippen LogP contribution in [0.5, 0.6) is 0 Å². The Morgan fingerprint density at radius 2 is 1.85 bits per heavy atom. The number of benzene rings is 1. The van der Waals surface area contributed by atoms with Gasteiger partial charge in [0.15, 0.2) is 0 Å². The van der Waals surface area contributed by atoms with Crippen LogP contribution in [0.2, 0.25) is 0 Å². The zero-order valence-electron chi connectivity index (χ0n) is 14.9. The second-order valence-corrected chi connectivity index (χ2v) is 8.30. The number of aromatic nitrogens is 1. The molecule has 1 aliphatic heterocycles. The summed E-state index contributed by atoms with van der Waals surface area (Å²) in [5, 5.41) is 9.35. The highest BCUT2D eigenvalue weighted by Crippen LogP contribution is 2.24. The number of aliphatic carboxylic acids is 1. The van der Waals surface area contributed by atoms with E-state index in [9.17, 15) is 23.1 Å². The molecule has 27 heavy (non-hydrogen) atoms. The molecule has 1 fully saturated rings. The molecular weight excluding hydrogens is 372 g/mol. The lowest BCUT2D eigenvalue weighted by atomic mass is 10.2. The number of carbonyl (C=O) groups is 2. The fraction of sp³-hybridized carbons (Fsp3) is 0.333. The molecule has 0 saturated carbocycles. The normalized spacial score (nSPS) is 20.0. The number of likely N-dealkylation sites (tertiary alicyclic amines) is 1. The maximum atomic E-state index is 12.7. The fourth-order valence-corrected chi connectivity index (χ4v) is 4.27. The maximum Gasteiger partial charge on any atom is 0.326 e. The minimum Gasteiger partial charge on any atom is -0.480 e. The summed E-state index contributed by atoms with van der Waals surface area (Å²) >= 11 is 0. The quantitative estimate of drug-likeness (QED) is 0.823. The number of rotatable bonds is 5. The number of ether oxygens (including phenoxy) is 1. The largest absolute Gasteiger partial charge is 0.480 e. The minimum absolute atomic E-state index is 0.103. The zero-order chi connectivity index (χ0) is 19.8. The highest BCUT2D eigenvalue weighted by atomic mass is 32.2. The van der Waals surface area contributed by atoms with Gasteiger partial charge in [-0.15, -0.1) is 0 Å². The number of amides is 1. The van der Waals surface area contributed by atoms with Gasteiger partial charge in [-0.1, -0.05) is 17.7 Å². The molecule has 0 spiro atoms. The number of nitrogens with zero attached hydrogens (tertiary/aromatic N) is 2. The van der Waals surface area contributed by atoms with E-state index in [0.29, 0.717) is 0 Å². The second-order valence-electron chi connectivity index (χ2n) is 6.45. The van der Waals surface area contributed by atoms with Crippen LogP contribution in [0.1, 0.15) is 22.3 Å². The fourth-order valence-electron chi connectivity index (χ4n) is 3.08. The van der Waals surface area contributed by atoms with Crippen LogP contribution in [0.3, 0.4) is 0 Å². The van der Waals surface area contributed by atoms with Crippen molar-refractivity contribution in [2.24, 2.45) is 0 Å². The van der Waals surface area contributed by atoms with Crippen LogP contribution in [0.15, 0.2) is 47.6 Å². The van der Waals surface area contributed by atoms with Crippen molar-refractivity contribution in [2.45, 2.75) is 30.4 Å². The zero-order valence-corrected chi connectivity index (χ0v) is 15.7. The first-order chi connectivity index (χ1) is 12.7. The van der Waals surface area contributed by atoms with Crippen LogP contribution in [0.25, 0.3) is 0 Å². The second kappa shape index (κ2) is 7.16. The van der Waals surface area contributed by atoms with E-state index in [1.54, 1.807) is 12.1 Å². The van der Waals surface area contributed by atoms with Crippen molar-refractivity contribution in [2.75, 3.05) is 13.7 Å². The van der Waals surface area contributed by atoms with Gasteiger partial charge >= 0.3 is 5.97 Å². The number of carboxylic acids is 1. The molecule has 9 heteroatoms. The lowest BCUT2D eigenvalue weighted by Gasteiger charge is -2.20. The molecule has 2 unspecified atom stereocenters. The van der Waals surface area contributed by atoms with Crippen molar-refractivity contribution >= 4 is 21.9 Å². The summed E-state index contributed by atoms with van der Waals surface area (Å²) in [6, 6.07) is 6.74. The average Bonchev–Trinajstić information content (AvgIpc) is 3.29. The van der Waals surface area contributed by atoms with Crippen LogP contribution in [0.4, 0.5) is 0 Å². The van der Waals surface area contributed by atoms with Gasteiger partial charge in [0.05, 0.1) is 16.6 Å². The summed E-state index contributed by atoms with van der Waals surface area (Å²) in [4.78, 5) is 25.5. The molecule has 0 bridgehead atoms. The summed E-state index contributed by atoms with van der Waals surface area (Å²) in [5.41, 5.74) is 1.03. The molecule has 1 aromatic carbocycles. The Kier molecular flexibility index (Phi) is 5.07. The molecule has 2 heterocycles. The van der Waals surface area contributed by atoms with Crippen LogP contribution in [-0.4, -0.2) is 60.1 Å². The molecule has 0 aliphatic carbocycles. The number of carboxylic acid groups (broad SMARTS) is 1. The first-order valence-corrected chi connectivity index (χ1v) is 9.75. The molecular formula is C18H20N2O6S. The van der Waals surface area contributed by atoms with Crippen molar-refractivity contribution in [1.82, 2.24) is 8.87 Å². The molecule has 1 saturated heterocycles. The van der Waals surface area contributed by atoms with E-state index < -0.39 is 27.9 Å². The van der Waals surface area contributed by atoms with E-state index in [4.69, 9.17) is 4.74 Å². The minimum atomic E-state index is -3.83. The standard InChI is InChI=1S/C18H20N2O6S/c1-12-3-5-15(6-4-12)27(24,25)19-8-7-13(10-19)17(21)20-11-14(26-2)9-16(20)18(22)23/h3-8,10,14,16H,9,11H2,1-2H3,(H,22,23). The summed E-state index contributed by atoms with van der Waals surface area (Å²) in [6.07, 6.45) is 2.31. The lowest BCUT2D eigenvalue weighted by Crippen LogP contribution is -2.40.